The topological polar surface area (TPSA) is 114 Å². The molecule has 4 aromatic rings. The van der Waals surface area contributed by atoms with Crippen molar-refractivity contribution in [1.82, 2.24) is 4.98 Å². The van der Waals surface area contributed by atoms with Crippen molar-refractivity contribution in [3.63, 3.8) is 0 Å². The lowest BCUT2D eigenvalue weighted by molar-refractivity contribution is -0.120. The minimum Gasteiger partial charge on any atom is -0.302 e. The van der Waals surface area contributed by atoms with Gasteiger partial charge in [-0.25, -0.2) is 4.98 Å². The second kappa shape index (κ2) is 9.62. The van der Waals surface area contributed by atoms with E-state index >= 15 is 0 Å². The van der Waals surface area contributed by atoms with E-state index in [1.165, 1.54) is 35.6 Å². The monoisotopic (exact) mass is 567 g/mol. The van der Waals surface area contributed by atoms with Crippen LogP contribution in [0.3, 0.4) is 0 Å². The summed E-state index contributed by atoms with van der Waals surface area (Å²) in [5.41, 5.74) is 0.521. The number of nitrogens with one attached hydrogen (secondary N) is 1. The van der Waals surface area contributed by atoms with Gasteiger partial charge >= 0.3 is 0 Å². The Bertz CT molecular complexity index is 1490. The fourth-order valence-electron chi connectivity index (χ4n) is 4.04. The Morgan fingerprint density at radius 1 is 0.914 bits per heavy atom. The molecule has 3 heterocycles. The Hall–Kier alpha value is -2.32. The molecule has 0 unspecified atom stereocenters. The van der Waals surface area contributed by atoms with Crippen LogP contribution in [-0.2, 0) is 24.8 Å². The number of anilines is 2. The molecule has 0 spiro atoms. The number of hydrogen-bond donors (Lipinski definition) is 1. The number of carbonyl (C=O) groups is 1. The van der Waals surface area contributed by atoms with Gasteiger partial charge in [-0.15, -0.1) is 22.7 Å². The predicted molar refractivity (Wildman–Crippen MR) is 140 cm³/mol. The van der Waals surface area contributed by atoms with Crippen molar-refractivity contribution in [2.24, 2.45) is 5.92 Å². The maximum atomic E-state index is 13.5. The molecule has 1 aliphatic carbocycles. The van der Waals surface area contributed by atoms with Crippen molar-refractivity contribution in [2.75, 3.05) is 9.03 Å². The number of aromatic nitrogens is 1. The van der Waals surface area contributed by atoms with Crippen molar-refractivity contribution < 1.29 is 21.6 Å². The van der Waals surface area contributed by atoms with E-state index in [0.717, 1.165) is 54.8 Å². The number of benzene rings is 1. The number of carbonyl (C=O) groups excluding carboxylic acids is 1. The van der Waals surface area contributed by atoms with Gasteiger partial charge in [0.2, 0.25) is 5.91 Å². The molecular formula is C22H21N3O5S5. The lowest BCUT2D eigenvalue weighted by atomic mass is 9.89. The van der Waals surface area contributed by atoms with E-state index < -0.39 is 20.0 Å². The van der Waals surface area contributed by atoms with Crippen molar-refractivity contribution in [2.45, 2.75) is 40.5 Å². The van der Waals surface area contributed by atoms with E-state index in [0.29, 0.717) is 19.1 Å². The zero-order valence-electron chi connectivity index (χ0n) is 18.3. The first-order valence-corrected chi connectivity index (χ1v) is 16.3. The fourth-order valence-corrected chi connectivity index (χ4v) is 11.0. The highest BCUT2D eigenvalue weighted by Crippen LogP contribution is 2.37. The lowest BCUT2D eigenvalue weighted by Gasteiger charge is -2.22. The minimum atomic E-state index is -4.40. The van der Waals surface area contributed by atoms with Crippen LogP contribution in [0, 0.1) is 5.92 Å². The van der Waals surface area contributed by atoms with Crippen molar-refractivity contribution in [1.29, 1.82) is 0 Å². The molecule has 35 heavy (non-hydrogen) atoms. The molecule has 0 bridgehead atoms. The summed E-state index contributed by atoms with van der Waals surface area (Å²) in [5.74, 6) is -0.0974. The molecule has 3 aromatic heterocycles. The summed E-state index contributed by atoms with van der Waals surface area (Å²) in [7, 11) is -8.81. The third-order valence-electron chi connectivity index (χ3n) is 5.72. The molecule has 0 atom stereocenters. The van der Waals surface area contributed by atoms with Gasteiger partial charge in [0, 0.05) is 5.92 Å². The molecule has 184 valence electrons. The molecule has 1 fully saturated rings. The van der Waals surface area contributed by atoms with E-state index in [1.807, 2.05) is 0 Å². The van der Waals surface area contributed by atoms with Gasteiger partial charge in [-0.05, 0) is 53.9 Å². The summed E-state index contributed by atoms with van der Waals surface area (Å²) in [4.78, 5) is 17.1. The number of nitrogens with zero attached hydrogens (tertiary/aromatic N) is 2. The molecular weight excluding hydrogens is 547 g/mol. The van der Waals surface area contributed by atoms with E-state index in [9.17, 15) is 21.6 Å². The molecule has 0 radical (unpaired) electrons. The van der Waals surface area contributed by atoms with Gasteiger partial charge in [-0.2, -0.15) is 20.5 Å². The Morgan fingerprint density at radius 3 is 2.11 bits per heavy atom. The van der Waals surface area contributed by atoms with Crippen LogP contribution in [0.4, 0.5) is 10.8 Å². The van der Waals surface area contributed by atoms with Gasteiger partial charge in [0.15, 0.2) is 5.13 Å². The largest absolute Gasteiger partial charge is 0.302 e. The molecule has 13 heteroatoms. The summed E-state index contributed by atoms with van der Waals surface area (Å²) < 4.78 is 54.8. The number of fused-ring (bicyclic) bond motifs is 1. The molecule has 1 amide bonds. The first-order chi connectivity index (χ1) is 16.8. The van der Waals surface area contributed by atoms with Crippen LogP contribution in [0.5, 0.6) is 0 Å². The Balaban J connectivity index is 1.54. The molecule has 1 saturated carbocycles. The van der Waals surface area contributed by atoms with Crippen LogP contribution in [0.2, 0.25) is 0 Å². The second-order valence-corrected chi connectivity index (χ2v) is 15.3. The van der Waals surface area contributed by atoms with Gasteiger partial charge in [-0.3, -0.25) is 4.79 Å². The van der Waals surface area contributed by atoms with E-state index in [-0.39, 0.29) is 25.9 Å². The standard InChI is InChI=1S/C22H21N3O5S5/c26-21(15-6-2-1-3-7-15)24-22-23-17-11-10-16(14-18(17)33-22)25(34(27,28)19-8-4-12-31-19)35(29,30)20-9-5-13-32-20/h4-5,8-15H,1-3,6-7H2,(H,23,24,26). The first-order valence-electron chi connectivity index (χ1n) is 10.9. The van der Waals surface area contributed by atoms with Crippen LogP contribution >= 0.6 is 34.0 Å². The zero-order valence-corrected chi connectivity index (χ0v) is 22.4. The molecule has 5 rings (SSSR count). The Kier molecular flexibility index (Phi) is 6.70. The molecule has 0 aliphatic heterocycles. The number of sulfonamides is 2. The predicted octanol–water partition coefficient (Wildman–Crippen LogP) is 5.52. The highest BCUT2D eigenvalue weighted by molar-refractivity contribution is 8.11. The SMILES string of the molecule is O=C(Nc1nc2ccc(N(S(=O)(=O)c3cccs3)S(=O)(=O)c3cccs3)cc2s1)C1CCCCC1. The van der Waals surface area contributed by atoms with Crippen molar-refractivity contribution in [3.8, 4) is 0 Å². The van der Waals surface area contributed by atoms with Crippen LogP contribution in [0.15, 0.2) is 61.6 Å². The van der Waals surface area contributed by atoms with Crippen LogP contribution in [0.25, 0.3) is 10.2 Å². The normalized spacial score (nSPS) is 15.3. The Labute approximate surface area is 215 Å². The molecule has 1 N–H and O–H groups in total. The number of thiophene rings is 2. The number of rotatable bonds is 7. The third-order valence-corrected chi connectivity index (χ3v) is 13.6. The maximum Gasteiger partial charge on any atom is 0.287 e. The van der Waals surface area contributed by atoms with Crippen LogP contribution in [0.1, 0.15) is 32.1 Å². The number of hydrogen-bond acceptors (Lipinski definition) is 9. The van der Waals surface area contributed by atoms with Gasteiger partial charge in [-0.1, -0.05) is 42.7 Å². The van der Waals surface area contributed by atoms with E-state index in [4.69, 9.17) is 0 Å². The van der Waals surface area contributed by atoms with Crippen molar-refractivity contribution in [3.05, 3.63) is 53.2 Å². The van der Waals surface area contributed by atoms with Crippen molar-refractivity contribution >= 4 is 81.0 Å². The number of thiazole rings is 1. The fraction of sp³-hybridized carbons (Fsp3) is 0.273. The summed E-state index contributed by atoms with van der Waals surface area (Å²) >= 11 is 3.08. The van der Waals surface area contributed by atoms with E-state index in [1.54, 1.807) is 29.0 Å². The van der Waals surface area contributed by atoms with Gasteiger partial charge < -0.3 is 5.32 Å². The summed E-state index contributed by atoms with van der Waals surface area (Å²) in [6.45, 7) is 0. The average Bonchev–Trinajstić information content (AvgIpc) is 3.61. The van der Waals surface area contributed by atoms with Crippen LogP contribution in [-0.4, -0.2) is 27.7 Å². The summed E-state index contributed by atoms with van der Waals surface area (Å²) in [6.07, 6.45) is 4.93. The maximum absolute atomic E-state index is 13.5. The molecule has 0 saturated heterocycles. The van der Waals surface area contributed by atoms with Crippen LogP contribution < -0.4 is 9.03 Å². The smallest absolute Gasteiger partial charge is 0.287 e. The molecule has 8 nitrogen and oxygen atoms in total. The van der Waals surface area contributed by atoms with E-state index in [2.05, 4.69) is 10.3 Å². The quantitative estimate of drug-likeness (QED) is 0.314. The third kappa shape index (κ3) is 4.75. The highest BCUT2D eigenvalue weighted by atomic mass is 32.3. The van der Waals surface area contributed by atoms with Gasteiger partial charge in [0.05, 0.1) is 15.9 Å². The lowest BCUT2D eigenvalue weighted by Crippen LogP contribution is -2.36. The van der Waals surface area contributed by atoms with Gasteiger partial charge in [0.25, 0.3) is 20.0 Å². The van der Waals surface area contributed by atoms with Gasteiger partial charge in [0.1, 0.15) is 8.42 Å². The average molecular weight is 568 g/mol. The zero-order chi connectivity index (χ0) is 24.6. The number of amides is 1. The summed E-state index contributed by atoms with van der Waals surface area (Å²) in [5, 5.41) is 6.44. The minimum absolute atomic E-state index is 0.0203. The summed E-state index contributed by atoms with van der Waals surface area (Å²) in [6, 6.07) is 10.3. The molecule has 1 aromatic carbocycles. The first kappa shape index (κ1) is 24.4. The molecule has 1 aliphatic rings. The second-order valence-electron chi connectivity index (χ2n) is 8.07. The Morgan fingerprint density at radius 2 is 1.54 bits per heavy atom. The highest BCUT2D eigenvalue weighted by Gasteiger charge is 2.38.